The Hall–Kier alpha value is -3.04. The van der Waals surface area contributed by atoms with Gasteiger partial charge in [-0.3, -0.25) is 4.40 Å². The molecule has 0 saturated carbocycles. The molecule has 0 aliphatic heterocycles. The molecular formula is C18H13F9N4O2S. The number of fused-ring (bicyclic) bond motifs is 1. The van der Waals surface area contributed by atoms with Gasteiger partial charge < -0.3 is 4.57 Å². The molecule has 3 aromatic heterocycles. The van der Waals surface area contributed by atoms with Gasteiger partial charge in [0.05, 0.1) is 23.2 Å². The molecule has 0 atom stereocenters. The molecule has 16 heteroatoms. The summed E-state index contributed by atoms with van der Waals surface area (Å²) < 4.78 is 144. The van der Waals surface area contributed by atoms with Gasteiger partial charge in [-0.15, -0.1) is 0 Å². The number of aromatic nitrogens is 4. The highest BCUT2D eigenvalue weighted by molar-refractivity contribution is 7.91. The third-order valence-electron chi connectivity index (χ3n) is 4.74. The number of hydrogen-bond donors (Lipinski definition) is 0. The van der Waals surface area contributed by atoms with E-state index in [9.17, 15) is 47.9 Å². The monoisotopic (exact) mass is 520 g/mol. The first kappa shape index (κ1) is 25.6. The van der Waals surface area contributed by atoms with E-state index in [1.54, 1.807) is 0 Å². The van der Waals surface area contributed by atoms with E-state index in [-0.39, 0.29) is 11.7 Å². The first-order valence-corrected chi connectivity index (χ1v) is 10.7. The van der Waals surface area contributed by atoms with Gasteiger partial charge in [0, 0.05) is 19.3 Å². The largest absolute Gasteiger partial charge is 0.460 e. The second-order valence-electron chi connectivity index (χ2n) is 6.94. The van der Waals surface area contributed by atoms with Crippen molar-refractivity contribution >= 4 is 21.6 Å². The Kier molecular flexibility index (Phi) is 6.04. The molecule has 0 unspecified atom stereocenters. The zero-order valence-electron chi connectivity index (χ0n) is 17.0. The van der Waals surface area contributed by atoms with Crippen LogP contribution in [0.15, 0.2) is 35.4 Å². The second-order valence-corrected chi connectivity index (χ2v) is 9.14. The summed E-state index contributed by atoms with van der Waals surface area (Å²) in [7, 11) is -3.23. The Labute approximate surface area is 185 Å². The molecule has 3 heterocycles. The van der Waals surface area contributed by atoms with Crippen molar-refractivity contribution in [2.24, 2.45) is 7.05 Å². The standard InChI is InChI=1S/C18H13F9N4O2S/c1-3-34(32,33)15-13(29-12-5-4-9(8-31(12)15)17(22,23)24)14-28-7-10(30(14)2)6-11(19)16(20,21)18(25,26)27/h4-8H,3H2,1-2H3/b11-6-. The van der Waals surface area contributed by atoms with Crippen LogP contribution >= 0.6 is 0 Å². The number of alkyl halides is 8. The van der Waals surface area contributed by atoms with Crippen LogP contribution in [-0.4, -0.2) is 45.2 Å². The minimum absolute atomic E-state index is 0.143. The fraction of sp³-hybridized carbons (Fsp3) is 0.333. The predicted octanol–water partition coefficient (Wildman–Crippen LogP) is 5.06. The van der Waals surface area contributed by atoms with Crippen LogP contribution in [0.1, 0.15) is 18.2 Å². The van der Waals surface area contributed by atoms with Gasteiger partial charge in [-0.25, -0.2) is 22.8 Å². The van der Waals surface area contributed by atoms with Gasteiger partial charge in [0.1, 0.15) is 11.3 Å². The molecule has 0 radical (unpaired) electrons. The molecule has 3 aromatic rings. The van der Waals surface area contributed by atoms with Crippen molar-refractivity contribution in [2.75, 3.05) is 5.75 Å². The number of hydrogen-bond acceptors (Lipinski definition) is 4. The molecular weight excluding hydrogens is 507 g/mol. The molecule has 0 spiro atoms. The Bertz CT molecular complexity index is 1380. The van der Waals surface area contributed by atoms with Gasteiger partial charge in [0.25, 0.3) is 0 Å². The Morgan fingerprint density at radius 3 is 2.24 bits per heavy atom. The van der Waals surface area contributed by atoms with Crippen LogP contribution in [0.25, 0.3) is 23.2 Å². The lowest BCUT2D eigenvalue weighted by molar-refractivity contribution is -0.269. The predicted molar refractivity (Wildman–Crippen MR) is 100 cm³/mol. The summed E-state index contributed by atoms with van der Waals surface area (Å²) in [5, 5.41) is -0.721. The molecule has 0 bridgehead atoms. The van der Waals surface area contributed by atoms with Crippen LogP contribution in [0, 0.1) is 0 Å². The number of halogens is 9. The van der Waals surface area contributed by atoms with Crippen LogP contribution in [0.3, 0.4) is 0 Å². The van der Waals surface area contributed by atoms with Crippen molar-refractivity contribution in [3.8, 4) is 11.5 Å². The maximum atomic E-state index is 13.7. The van der Waals surface area contributed by atoms with Crippen LogP contribution in [0.4, 0.5) is 39.5 Å². The minimum Gasteiger partial charge on any atom is -0.326 e. The Morgan fingerprint density at radius 2 is 1.71 bits per heavy atom. The summed E-state index contributed by atoms with van der Waals surface area (Å²) in [5.41, 5.74) is -2.57. The number of sulfone groups is 1. The SMILES string of the molecule is CCS(=O)(=O)c1c(-c2ncc(/C=C(\F)C(F)(F)C(F)(F)F)n2C)nc2ccc(C(F)(F)F)cn12. The van der Waals surface area contributed by atoms with E-state index in [4.69, 9.17) is 0 Å². The highest BCUT2D eigenvalue weighted by atomic mass is 32.2. The number of rotatable bonds is 5. The van der Waals surface area contributed by atoms with E-state index in [2.05, 4.69) is 9.97 Å². The molecule has 0 aliphatic carbocycles. The van der Waals surface area contributed by atoms with E-state index < -0.39 is 67.5 Å². The van der Waals surface area contributed by atoms with E-state index in [0.717, 1.165) is 17.7 Å². The zero-order chi connectivity index (χ0) is 25.9. The first-order chi connectivity index (χ1) is 15.4. The highest BCUT2D eigenvalue weighted by Gasteiger charge is 2.61. The lowest BCUT2D eigenvalue weighted by Gasteiger charge is -2.17. The smallest absolute Gasteiger partial charge is 0.326 e. The van der Waals surface area contributed by atoms with Crippen molar-refractivity contribution < 1.29 is 47.9 Å². The van der Waals surface area contributed by atoms with Crippen LogP contribution in [0.2, 0.25) is 0 Å². The molecule has 6 nitrogen and oxygen atoms in total. The molecule has 0 aliphatic rings. The fourth-order valence-corrected chi connectivity index (χ4v) is 4.05. The van der Waals surface area contributed by atoms with Crippen molar-refractivity contribution in [1.29, 1.82) is 0 Å². The molecule has 0 aromatic carbocycles. The lowest BCUT2D eigenvalue weighted by Crippen LogP contribution is -2.36. The van der Waals surface area contributed by atoms with Gasteiger partial charge in [-0.2, -0.15) is 35.1 Å². The quantitative estimate of drug-likeness (QED) is 0.442. The molecule has 34 heavy (non-hydrogen) atoms. The fourth-order valence-electron chi connectivity index (χ4n) is 2.90. The first-order valence-electron chi connectivity index (χ1n) is 9.08. The van der Waals surface area contributed by atoms with Crippen molar-refractivity contribution in [3.63, 3.8) is 0 Å². The third kappa shape index (κ3) is 4.25. The Balaban J connectivity index is 2.26. The molecule has 0 amide bonds. The average molecular weight is 520 g/mol. The maximum absolute atomic E-state index is 13.7. The second kappa shape index (κ2) is 8.02. The summed E-state index contributed by atoms with van der Waals surface area (Å²) in [6.07, 6.45) is -10.0. The summed E-state index contributed by atoms with van der Waals surface area (Å²) in [5.74, 6) is -9.65. The molecule has 186 valence electrons. The summed E-state index contributed by atoms with van der Waals surface area (Å²) in [6.45, 7) is 1.20. The minimum atomic E-state index is -6.21. The van der Waals surface area contributed by atoms with E-state index in [1.807, 2.05) is 0 Å². The van der Waals surface area contributed by atoms with Crippen molar-refractivity contribution in [3.05, 3.63) is 41.6 Å². The third-order valence-corrected chi connectivity index (χ3v) is 6.48. The molecule has 0 N–H and O–H groups in total. The van der Waals surface area contributed by atoms with Gasteiger partial charge >= 0.3 is 18.3 Å². The number of nitrogens with zero attached hydrogens (tertiary/aromatic N) is 4. The molecule has 3 rings (SSSR count). The van der Waals surface area contributed by atoms with Crippen LogP contribution < -0.4 is 0 Å². The summed E-state index contributed by atoms with van der Waals surface area (Å²) in [6, 6.07) is 1.53. The number of imidazole rings is 2. The van der Waals surface area contributed by atoms with Gasteiger partial charge in [0.2, 0.25) is 0 Å². The Morgan fingerprint density at radius 1 is 1.09 bits per heavy atom. The van der Waals surface area contributed by atoms with E-state index >= 15 is 0 Å². The lowest BCUT2D eigenvalue weighted by atomic mass is 10.2. The van der Waals surface area contributed by atoms with Crippen molar-refractivity contribution in [2.45, 2.75) is 30.2 Å². The average Bonchev–Trinajstić information content (AvgIpc) is 3.26. The molecule has 0 fully saturated rings. The summed E-state index contributed by atoms with van der Waals surface area (Å²) in [4.78, 5) is 7.67. The summed E-state index contributed by atoms with van der Waals surface area (Å²) >= 11 is 0. The molecule has 0 saturated heterocycles. The van der Waals surface area contributed by atoms with Crippen LogP contribution in [-0.2, 0) is 23.1 Å². The topological polar surface area (TPSA) is 69.3 Å². The van der Waals surface area contributed by atoms with Gasteiger partial charge in [0.15, 0.2) is 26.5 Å². The van der Waals surface area contributed by atoms with Gasteiger partial charge in [-0.05, 0) is 12.1 Å². The number of allylic oxidation sites excluding steroid dienone is 1. The van der Waals surface area contributed by atoms with E-state index in [0.29, 0.717) is 22.9 Å². The van der Waals surface area contributed by atoms with Crippen molar-refractivity contribution in [1.82, 2.24) is 18.9 Å². The normalized spacial score (nSPS) is 14.3. The maximum Gasteiger partial charge on any atom is 0.460 e. The number of pyridine rings is 1. The highest BCUT2D eigenvalue weighted by Crippen LogP contribution is 2.42. The van der Waals surface area contributed by atoms with E-state index in [1.165, 1.54) is 6.92 Å². The van der Waals surface area contributed by atoms with Crippen LogP contribution in [0.5, 0.6) is 0 Å². The van der Waals surface area contributed by atoms with Gasteiger partial charge in [-0.1, -0.05) is 6.92 Å². The zero-order valence-corrected chi connectivity index (χ0v) is 17.8.